The van der Waals surface area contributed by atoms with Gasteiger partial charge in [-0.05, 0) is 39.0 Å². The predicted molar refractivity (Wildman–Crippen MR) is 71.3 cm³/mol. The molecule has 92 valence electrons. The molecule has 1 aromatic rings. The molecule has 0 saturated heterocycles. The molecule has 0 unspecified atom stereocenters. The lowest BCUT2D eigenvalue weighted by Gasteiger charge is -2.17. The molecule has 0 radical (unpaired) electrons. The van der Waals surface area contributed by atoms with Crippen LogP contribution >= 0.6 is 23.2 Å². The van der Waals surface area contributed by atoms with Crippen LogP contribution < -0.4 is 0 Å². The van der Waals surface area contributed by atoms with Crippen molar-refractivity contribution in [2.24, 2.45) is 0 Å². The average molecular weight is 273 g/mol. The Labute approximate surface area is 111 Å². The fourth-order valence-corrected chi connectivity index (χ4v) is 1.68. The van der Waals surface area contributed by atoms with Crippen molar-refractivity contribution in [1.29, 1.82) is 0 Å². The van der Waals surface area contributed by atoms with E-state index >= 15 is 0 Å². The van der Waals surface area contributed by atoms with Crippen LogP contribution in [0.15, 0.2) is 24.3 Å². The van der Waals surface area contributed by atoms with E-state index < -0.39 is 11.6 Å². The summed E-state index contributed by atoms with van der Waals surface area (Å²) in [6.45, 7) is 5.42. The van der Waals surface area contributed by atoms with Gasteiger partial charge in [0.25, 0.3) is 0 Å². The van der Waals surface area contributed by atoms with E-state index in [0.717, 1.165) is 0 Å². The molecule has 0 aromatic heterocycles. The van der Waals surface area contributed by atoms with Crippen LogP contribution in [0.3, 0.4) is 0 Å². The number of carbonyl (C=O) groups is 1. The molecule has 0 bridgehead atoms. The molecule has 0 aliphatic heterocycles. The van der Waals surface area contributed by atoms with Gasteiger partial charge in [0.1, 0.15) is 5.60 Å². The van der Waals surface area contributed by atoms with Crippen molar-refractivity contribution in [3.63, 3.8) is 0 Å². The van der Waals surface area contributed by atoms with Gasteiger partial charge in [0.15, 0.2) is 0 Å². The normalized spacial score (nSPS) is 11.8. The molecule has 1 aromatic carbocycles. The first kappa shape index (κ1) is 14.1. The number of halogens is 2. The van der Waals surface area contributed by atoms with Gasteiger partial charge < -0.3 is 4.74 Å². The summed E-state index contributed by atoms with van der Waals surface area (Å²) < 4.78 is 5.13. The molecule has 0 saturated carbocycles. The number of rotatable bonds is 2. The van der Waals surface area contributed by atoms with Crippen LogP contribution in [0, 0.1) is 0 Å². The van der Waals surface area contributed by atoms with E-state index in [4.69, 9.17) is 27.9 Å². The molecule has 0 atom stereocenters. The maximum Gasteiger partial charge on any atom is 0.331 e. The molecule has 0 aliphatic carbocycles. The highest BCUT2D eigenvalue weighted by atomic mass is 35.5. The second kappa shape index (κ2) is 5.56. The molecule has 2 nitrogen and oxygen atoms in total. The number of carbonyl (C=O) groups excluding carboxylic acids is 1. The summed E-state index contributed by atoms with van der Waals surface area (Å²) >= 11 is 11.9. The fraction of sp³-hybridized carbons (Fsp3) is 0.308. The van der Waals surface area contributed by atoms with Crippen molar-refractivity contribution in [3.8, 4) is 0 Å². The molecule has 4 heteroatoms. The van der Waals surface area contributed by atoms with E-state index in [9.17, 15) is 4.79 Å². The third kappa shape index (κ3) is 4.80. The molecule has 0 amide bonds. The van der Waals surface area contributed by atoms with Crippen LogP contribution in [-0.2, 0) is 9.53 Å². The van der Waals surface area contributed by atoms with Crippen LogP contribution in [0.5, 0.6) is 0 Å². The lowest BCUT2D eigenvalue weighted by molar-refractivity contribution is -0.148. The van der Waals surface area contributed by atoms with E-state index in [1.807, 2.05) is 0 Å². The summed E-state index contributed by atoms with van der Waals surface area (Å²) in [5.74, 6) is -0.423. The van der Waals surface area contributed by atoms with Crippen molar-refractivity contribution in [2.75, 3.05) is 0 Å². The van der Waals surface area contributed by atoms with Gasteiger partial charge in [0.05, 0.1) is 0 Å². The molecule has 0 aliphatic rings. The largest absolute Gasteiger partial charge is 0.457 e. The molecular formula is C13H14Cl2O2. The maximum atomic E-state index is 11.5. The molecule has 0 fully saturated rings. The van der Waals surface area contributed by atoms with Gasteiger partial charge in [-0.2, -0.15) is 0 Å². The highest BCUT2D eigenvalue weighted by Gasteiger charge is 2.14. The molecule has 0 N–H and O–H groups in total. The smallest absolute Gasteiger partial charge is 0.331 e. The van der Waals surface area contributed by atoms with Crippen molar-refractivity contribution in [1.82, 2.24) is 0 Å². The van der Waals surface area contributed by atoms with Crippen molar-refractivity contribution in [2.45, 2.75) is 26.4 Å². The van der Waals surface area contributed by atoms with Crippen molar-refractivity contribution in [3.05, 3.63) is 39.9 Å². The Bertz CT molecular complexity index is 425. The number of esters is 1. The van der Waals surface area contributed by atoms with Crippen molar-refractivity contribution < 1.29 is 9.53 Å². The van der Waals surface area contributed by atoms with Crippen LogP contribution in [0.2, 0.25) is 10.0 Å². The summed E-state index contributed by atoms with van der Waals surface area (Å²) in [5.41, 5.74) is 0.104. The summed E-state index contributed by atoms with van der Waals surface area (Å²) in [6, 6.07) is 5.17. The first-order valence-corrected chi connectivity index (χ1v) is 5.90. The Morgan fingerprint density at radius 2 is 1.76 bits per heavy atom. The maximum absolute atomic E-state index is 11.5. The summed E-state index contributed by atoms with van der Waals surface area (Å²) in [7, 11) is 0. The minimum Gasteiger partial charge on any atom is -0.457 e. The SMILES string of the molecule is CC(C)(C)OC(=O)/C=C/c1c(Cl)cccc1Cl. The van der Waals surface area contributed by atoms with Gasteiger partial charge in [-0.3, -0.25) is 0 Å². The summed E-state index contributed by atoms with van der Waals surface area (Å²) in [5, 5.41) is 0.995. The minimum atomic E-state index is -0.508. The Morgan fingerprint density at radius 3 is 2.24 bits per heavy atom. The van der Waals surface area contributed by atoms with Gasteiger partial charge in [-0.1, -0.05) is 29.3 Å². The highest BCUT2D eigenvalue weighted by molar-refractivity contribution is 6.37. The standard InChI is InChI=1S/C13H14Cl2O2/c1-13(2,3)17-12(16)8-7-9-10(14)5-4-6-11(9)15/h4-8H,1-3H3/b8-7+. The third-order valence-electron chi connectivity index (χ3n) is 1.79. The van der Waals surface area contributed by atoms with E-state index in [1.54, 1.807) is 45.0 Å². The highest BCUT2D eigenvalue weighted by Crippen LogP contribution is 2.25. The van der Waals surface area contributed by atoms with E-state index in [2.05, 4.69) is 0 Å². The van der Waals surface area contributed by atoms with Gasteiger partial charge in [-0.15, -0.1) is 0 Å². The topological polar surface area (TPSA) is 26.3 Å². The van der Waals surface area contributed by atoms with Gasteiger partial charge in [0.2, 0.25) is 0 Å². The first-order valence-electron chi connectivity index (χ1n) is 5.15. The minimum absolute atomic E-state index is 0.423. The van der Waals surface area contributed by atoms with E-state index in [1.165, 1.54) is 6.08 Å². The van der Waals surface area contributed by atoms with Crippen molar-refractivity contribution >= 4 is 35.2 Å². The van der Waals surface area contributed by atoms with Crippen LogP contribution in [0.25, 0.3) is 6.08 Å². The summed E-state index contributed by atoms with van der Waals surface area (Å²) in [4.78, 5) is 11.5. The van der Waals surface area contributed by atoms with Gasteiger partial charge >= 0.3 is 5.97 Å². The molecule has 0 spiro atoms. The zero-order valence-corrected chi connectivity index (χ0v) is 11.5. The number of benzene rings is 1. The number of hydrogen-bond acceptors (Lipinski definition) is 2. The third-order valence-corrected chi connectivity index (χ3v) is 2.45. The number of ether oxygens (including phenoxy) is 1. The van der Waals surface area contributed by atoms with Gasteiger partial charge in [-0.25, -0.2) is 4.79 Å². The zero-order valence-electron chi connectivity index (χ0n) is 9.96. The molecule has 1 rings (SSSR count). The quantitative estimate of drug-likeness (QED) is 0.591. The molecule has 0 heterocycles. The predicted octanol–water partition coefficient (Wildman–Crippen LogP) is 4.35. The Balaban J connectivity index is 2.81. The average Bonchev–Trinajstić information content (AvgIpc) is 2.14. The van der Waals surface area contributed by atoms with E-state index in [-0.39, 0.29) is 0 Å². The second-order valence-electron chi connectivity index (χ2n) is 4.50. The monoisotopic (exact) mass is 272 g/mol. The van der Waals surface area contributed by atoms with E-state index in [0.29, 0.717) is 15.6 Å². The Kier molecular flexibility index (Phi) is 4.61. The Hall–Kier alpha value is -0.990. The van der Waals surface area contributed by atoms with Gasteiger partial charge in [0, 0.05) is 21.7 Å². The van der Waals surface area contributed by atoms with Crippen LogP contribution in [0.1, 0.15) is 26.3 Å². The van der Waals surface area contributed by atoms with Crippen LogP contribution in [0.4, 0.5) is 0 Å². The zero-order chi connectivity index (χ0) is 13.1. The molecular weight excluding hydrogens is 259 g/mol. The molecule has 17 heavy (non-hydrogen) atoms. The summed E-state index contributed by atoms with van der Waals surface area (Å²) in [6.07, 6.45) is 2.87. The lowest BCUT2D eigenvalue weighted by Crippen LogP contribution is -2.22. The first-order chi connectivity index (χ1) is 7.79. The fourth-order valence-electron chi connectivity index (χ4n) is 1.16. The lowest BCUT2D eigenvalue weighted by atomic mass is 10.2. The second-order valence-corrected chi connectivity index (χ2v) is 5.32. The Morgan fingerprint density at radius 1 is 1.24 bits per heavy atom. The van der Waals surface area contributed by atoms with Crippen LogP contribution in [-0.4, -0.2) is 11.6 Å². The number of hydrogen-bond donors (Lipinski definition) is 0.